The Morgan fingerprint density at radius 3 is 2.75 bits per heavy atom. The second-order valence-electron chi connectivity index (χ2n) is 4.37. The van der Waals surface area contributed by atoms with E-state index in [9.17, 15) is 0 Å². The van der Waals surface area contributed by atoms with Crippen LogP contribution in [0.15, 0.2) is 18.3 Å². The van der Waals surface area contributed by atoms with Crippen LogP contribution in [0.25, 0.3) is 0 Å². The van der Waals surface area contributed by atoms with Gasteiger partial charge in [-0.05, 0) is 19.2 Å². The van der Waals surface area contributed by atoms with Crippen molar-refractivity contribution in [3.8, 4) is 0 Å². The Kier molecular flexibility index (Phi) is 3.74. The maximum atomic E-state index is 4.41. The molecule has 88 valence electrons. The monoisotopic (exact) mass is 220 g/mol. The molecule has 1 saturated heterocycles. The van der Waals surface area contributed by atoms with Crippen molar-refractivity contribution in [1.29, 1.82) is 0 Å². The molecule has 0 radical (unpaired) electrons. The molecule has 2 heterocycles. The van der Waals surface area contributed by atoms with Crippen LogP contribution in [0, 0.1) is 0 Å². The van der Waals surface area contributed by atoms with Crippen LogP contribution in [0.3, 0.4) is 0 Å². The number of piperazine rings is 1. The van der Waals surface area contributed by atoms with Gasteiger partial charge < -0.3 is 10.2 Å². The summed E-state index contributed by atoms with van der Waals surface area (Å²) in [6.45, 7) is 5.56. The quantitative estimate of drug-likeness (QED) is 0.819. The molecule has 0 atom stereocenters. The van der Waals surface area contributed by atoms with Crippen molar-refractivity contribution in [2.45, 2.75) is 6.54 Å². The number of rotatable bonds is 3. The van der Waals surface area contributed by atoms with Crippen LogP contribution in [-0.4, -0.2) is 55.1 Å². The van der Waals surface area contributed by atoms with Gasteiger partial charge in [0.15, 0.2) is 0 Å². The van der Waals surface area contributed by atoms with Gasteiger partial charge in [0, 0.05) is 51.7 Å². The summed E-state index contributed by atoms with van der Waals surface area (Å²) in [5, 5.41) is 3.14. The lowest BCUT2D eigenvalue weighted by Gasteiger charge is -2.32. The van der Waals surface area contributed by atoms with E-state index in [2.05, 4.69) is 33.2 Å². The van der Waals surface area contributed by atoms with Gasteiger partial charge in [-0.2, -0.15) is 0 Å². The molecule has 1 aliphatic rings. The number of nitrogens with one attached hydrogen (secondary N) is 1. The summed E-state index contributed by atoms with van der Waals surface area (Å²) in [5.41, 5.74) is 2.29. The van der Waals surface area contributed by atoms with Crippen LogP contribution < -0.4 is 5.32 Å². The van der Waals surface area contributed by atoms with Crippen LogP contribution >= 0.6 is 0 Å². The minimum atomic E-state index is 0.962. The van der Waals surface area contributed by atoms with E-state index >= 15 is 0 Å². The van der Waals surface area contributed by atoms with Gasteiger partial charge in [-0.25, -0.2) is 0 Å². The SMILES string of the molecule is CNc1ccnc(CN2CCN(C)CC2)c1. The molecule has 1 aromatic rings. The molecule has 4 heteroatoms. The van der Waals surface area contributed by atoms with Crippen LogP contribution in [0.1, 0.15) is 5.69 Å². The molecular formula is C12H20N4. The predicted molar refractivity (Wildman–Crippen MR) is 66.6 cm³/mol. The molecule has 1 aromatic heterocycles. The largest absolute Gasteiger partial charge is 0.388 e. The van der Waals surface area contributed by atoms with E-state index < -0.39 is 0 Å². The molecule has 16 heavy (non-hydrogen) atoms. The molecule has 0 aromatic carbocycles. The molecule has 0 unspecified atom stereocenters. The molecule has 0 bridgehead atoms. The van der Waals surface area contributed by atoms with Crippen LogP contribution in [0.4, 0.5) is 5.69 Å². The van der Waals surface area contributed by atoms with Gasteiger partial charge in [0.1, 0.15) is 0 Å². The van der Waals surface area contributed by atoms with Gasteiger partial charge in [-0.3, -0.25) is 9.88 Å². The lowest BCUT2D eigenvalue weighted by atomic mass is 10.2. The number of hydrogen-bond acceptors (Lipinski definition) is 4. The average molecular weight is 220 g/mol. The number of nitrogens with zero attached hydrogens (tertiary/aromatic N) is 3. The highest BCUT2D eigenvalue weighted by Crippen LogP contribution is 2.10. The highest BCUT2D eigenvalue weighted by molar-refractivity contribution is 5.42. The van der Waals surface area contributed by atoms with Crippen molar-refractivity contribution in [2.24, 2.45) is 0 Å². The first-order valence-corrected chi connectivity index (χ1v) is 5.81. The molecule has 0 spiro atoms. The predicted octanol–water partition coefficient (Wildman–Crippen LogP) is 0.871. The van der Waals surface area contributed by atoms with Gasteiger partial charge in [0.2, 0.25) is 0 Å². The first kappa shape index (κ1) is 11.4. The summed E-state index contributed by atoms with van der Waals surface area (Å²) in [5.74, 6) is 0. The minimum absolute atomic E-state index is 0.962. The Morgan fingerprint density at radius 2 is 2.06 bits per heavy atom. The van der Waals surface area contributed by atoms with Crippen LogP contribution in [-0.2, 0) is 6.54 Å². The fraction of sp³-hybridized carbons (Fsp3) is 0.583. The van der Waals surface area contributed by atoms with E-state index in [-0.39, 0.29) is 0 Å². The first-order chi connectivity index (χ1) is 7.78. The topological polar surface area (TPSA) is 31.4 Å². The van der Waals surface area contributed by atoms with Crippen molar-refractivity contribution >= 4 is 5.69 Å². The lowest BCUT2D eigenvalue weighted by Crippen LogP contribution is -2.44. The summed E-state index contributed by atoms with van der Waals surface area (Å²) in [6.07, 6.45) is 1.87. The van der Waals surface area contributed by atoms with Crippen molar-refractivity contribution in [3.63, 3.8) is 0 Å². The normalized spacial score (nSPS) is 18.6. The maximum Gasteiger partial charge on any atom is 0.0564 e. The van der Waals surface area contributed by atoms with Gasteiger partial charge in [0.05, 0.1) is 5.69 Å². The number of anilines is 1. The summed E-state index contributed by atoms with van der Waals surface area (Å²) >= 11 is 0. The summed E-state index contributed by atoms with van der Waals surface area (Å²) in [7, 11) is 4.12. The number of aromatic nitrogens is 1. The fourth-order valence-electron chi connectivity index (χ4n) is 1.96. The van der Waals surface area contributed by atoms with Crippen molar-refractivity contribution in [1.82, 2.24) is 14.8 Å². The Balaban J connectivity index is 1.93. The van der Waals surface area contributed by atoms with E-state index in [1.807, 2.05) is 19.3 Å². The average Bonchev–Trinajstić information content (AvgIpc) is 2.32. The van der Waals surface area contributed by atoms with Gasteiger partial charge >= 0.3 is 0 Å². The molecule has 1 fully saturated rings. The Hall–Kier alpha value is -1.13. The van der Waals surface area contributed by atoms with Crippen LogP contribution in [0.5, 0.6) is 0 Å². The second-order valence-corrected chi connectivity index (χ2v) is 4.37. The standard InChI is InChI=1S/C12H20N4/c1-13-11-3-4-14-12(9-11)10-16-7-5-15(2)6-8-16/h3-4,9H,5-8,10H2,1-2H3,(H,13,14). The minimum Gasteiger partial charge on any atom is -0.388 e. The van der Waals surface area contributed by atoms with Crippen molar-refractivity contribution < 1.29 is 0 Å². The third kappa shape index (κ3) is 2.93. The molecule has 4 nitrogen and oxygen atoms in total. The number of hydrogen-bond donors (Lipinski definition) is 1. The number of pyridine rings is 1. The van der Waals surface area contributed by atoms with E-state index in [1.165, 1.54) is 0 Å². The summed E-state index contributed by atoms with van der Waals surface area (Å²) in [6, 6.07) is 4.12. The van der Waals surface area contributed by atoms with Gasteiger partial charge in [-0.15, -0.1) is 0 Å². The zero-order chi connectivity index (χ0) is 11.4. The molecule has 0 saturated carbocycles. The zero-order valence-corrected chi connectivity index (χ0v) is 10.1. The molecule has 2 rings (SSSR count). The van der Waals surface area contributed by atoms with Crippen LogP contribution in [0.2, 0.25) is 0 Å². The smallest absolute Gasteiger partial charge is 0.0564 e. The Labute approximate surface area is 97.3 Å². The third-order valence-corrected chi connectivity index (χ3v) is 3.09. The first-order valence-electron chi connectivity index (χ1n) is 5.81. The Bertz CT molecular complexity index is 332. The van der Waals surface area contributed by atoms with Gasteiger partial charge in [-0.1, -0.05) is 0 Å². The van der Waals surface area contributed by atoms with Crippen molar-refractivity contribution in [3.05, 3.63) is 24.0 Å². The molecular weight excluding hydrogens is 200 g/mol. The molecule has 1 aliphatic heterocycles. The molecule has 0 amide bonds. The van der Waals surface area contributed by atoms with E-state index in [0.717, 1.165) is 44.1 Å². The summed E-state index contributed by atoms with van der Waals surface area (Å²) < 4.78 is 0. The zero-order valence-electron chi connectivity index (χ0n) is 10.1. The van der Waals surface area contributed by atoms with Crippen molar-refractivity contribution in [2.75, 3.05) is 45.6 Å². The summed E-state index contributed by atoms with van der Waals surface area (Å²) in [4.78, 5) is 9.23. The highest BCUT2D eigenvalue weighted by Gasteiger charge is 2.14. The lowest BCUT2D eigenvalue weighted by molar-refractivity contribution is 0.147. The van der Waals surface area contributed by atoms with E-state index in [4.69, 9.17) is 0 Å². The van der Waals surface area contributed by atoms with E-state index in [1.54, 1.807) is 0 Å². The van der Waals surface area contributed by atoms with E-state index in [0.29, 0.717) is 0 Å². The number of likely N-dealkylation sites (N-methyl/N-ethyl adjacent to an activating group) is 1. The highest BCUT2D eigenvalue weighted by atomic mass is 15.2. The molecule has 1 N–H and O–H groups in total. The fourth-order valence-corrected chi connectivity index (χ4v) is 1.96. The van der Waals surface area contributed by atoms with Gasteiger partial charge in [0.25, 0.3) is 0 Å². The maximum absolute atomic E-state index is 4.41. The third-order valence-electron chi connectivity index (χ3n) is 3.09. The Morgan fingerprint density at radius 1 is 1.31 bits per heavy atom. The molecule has 0 aliphatic carbocycles. The second kappa shape index (κ2) is 5.27.